The third-order valence-electron chi connectivity index (χ3n) is 5.34. The Balaban J connectivity index is 1.40. The molecule has 4 aromatic rings. The molecule has 1 aliphatic rings. The van der Waals surface area contributed by atoms with Crippen LogP contribution in [-0.2, 0) is 6.54 Å². The monoisotopic (exact) mass is 380 g/mol. The summed E-state index contributed by atoms with van der Waals surface area (Å²) >= 11 is 0. The van der Waals surface area contributed by atoms with Crippen molar-refractivity contribution in [3.05, 3.63) is 59.2 Å². The molecule has 1 unspecified atom stereocenters. The zero-order valence-corrected chi connectivity index (χ0v) is 15.8. The number of aromatic amines is 1. The van der Waals surface area contributed by atoms with Crippen molar-refractivity contribution in [2.24, 2.45) is 0 Å². The van der Waals surface area contributed by atoms with E-state index < -0.39 is 0 Å². The van der Waals surface area contributed by atoms with Gasteiger partial charge in [-0.25, -0.2) is 14.4 Å². The van der Waals surface area contributed by atoms with Gasteiger partial charge in [-0.3, -0.25) is 4.90 Å². The van der Waals surface area contributed by atoms with Crippen LogP contribution in [0.1, 0.15) is 41.9 Å². The van der Waals surface area contributed by atoms with E-state index in [2.05, 4.69) is 19.9 Å². The van der Waals surface area contributed by atoms with Crippen molar-refractivity contribution in [2.45, 2.75) is 39.3 Å². The van der Waals surface area contributed by atoms with Gasteiger partial charge in [0.1, 0.15) is 23.2 Å². The first-order valence-corrected chi connectivity index (χ1v) is 9.49. The van der Waals surface area contributed by atoms with Crippen molar-refractivity contribution in [1.82, 2.24) is 19.9 Å². The molecule has 1 saturated heterocycles. The van der Waals surface area contributed by atoms with Crippen molar-refractivity contribution in [1.29, 1.82) is 0 Å². The number of nitrogens with zero attached hydrogens (tertiary/aromatic N) is 3. The number of imidazole rings is 1. The van der Waals surface area contributed by atoms with E-state index in [1.165, 1.54) is 12.1 Å². The van der Waals surface area contributed by atoms with Gasteiger partial charge in [0.05, 0.1) is 22.8 Å². The second-order valence-electron chi connectivity index (χ2n) is 7.34. The summed E-state index contributed by atoms with van der Waals surface area (Å²) in [5.41, 5.74) is 2.42. The molecule has 1 fully saturated rings. The van der Waals surface area contributed by atoms with Crippen molar-refractivity contribution in [2.75, 3.05) is 6.54 Å². The summed E-state index contributed by atoms with van der Waals surface area (Å²) in [5, 5.41) is 0. The molecular weight excluding hydrogens is 359 g/mol. The van der Waals surface area contributed by atoms with Crippen molar-refractivity contribution in [3.63, 3.8) is 0 Å². The smallest absolute Gasteiger partial charge is 0.263 e. The number of nitrogens with one attached hydrogen (secondary N) is 1. The van der Waals surface area contributed by atoms with Crippen molar-refractivity contribution in [3.8, 4) is 11.7 Å². The van der Waals surface area contributed by atoms with E-state index in [1.54, 1.807) is 6.07 Å². The van der Waals surface area contributed by atoms with Crippen LogP contribution in [0.3, 0.4) is 0 Å². The summed E-state index contributed by atoms with van der Waals surface area (Å²) in [4.78, 5) is 15.0. The molecule has 144 valence electrons. The Morgan fingerprint density at radius 1 is 1.18 bits per heavy atom. The average Bonchev–Trinajstić information content (AvgIpc) is 3.42. The number of rotatable bonds is 4. The van der Waals surface area contributed by atoms with Gasteiger partial charge in [-0.15, -0.1) is 0 Å². The molecule has 6 nitrogen and oxygen atoms in total. The van der Waals surface area contributed by atoms with Gasteiger partial charge < -0.3 is 13.8 Å². The molecule has 1 aliphatic heterocycles. The molecule has 0 saturated carbocycles. The highest BCUT2D eigenvalue weighted by Gasteiger charge is 2.30. The Bertz CT molecular complexity index is 1140. The minimum Gasteiger partial charge on any atom is -0.456 e. The number of oxazole rings is 1. The first-order chi connectivity index (χ1) is 13.6. The number of hydrogen-bond donors (Lipinski definition) is 1. The van der Waals surface area contributed by atoms with E-state index in [0.717, 1.165) is 53.5 Å². The Kier molecular flexibility index (Phi) is 4.05. The molecule has 0 spiro atoms. The van der Waals surface area contributed by atoms with E-state index in [-0.39, 0.29) is 11.9 Å². The Morgan fingerprint density at radius 2 is 2.07 bits per heavy atom. The van der Waals surface area contributed by atoms with Gasteiger partial charge in [0, 0.05) is 6.54 Å². The van der Waals surface area contributed by atoms with Crippen molar-refractivity contribution >= 4 is 11.0 Å². The van der Waals surface area contributed by atoms with E-state index >= 15 is 0 Å². The van der Waals surface area contributed by atoms with Gasteiger partial charge in [-0.2, -0.15) is 0 Å². The number of H-pyrrole nitrogens is 1. The van der Waals surface area contributed by atoms with Gasteiger partial charge in [0.2, 0.25) is 0 Å². The molecular formula is C21H21FN4O2. The van der Waals surface area contributed by atoms with Gasteiger partial charge in [0.25, 0.3) is 5.89 Å². The lowest BCUT2D eigenvalue weighted by molar-refractivity contribution is 0.237. The molecule has 1 aromatic carbocycles. The maximum atomic E-state index is 13.5. The molecule has 1 atom stereocenters. The first-order valence-electron chi connectivity index (χ1n) is 9.49. The number of hydrogen-bond acceptors (Lipinski definition) is 5. The van der Waals surface area contributed by atoms with Crippen LogP contribution in [0, 0.1) is 19.7 Å². The van der Waals surface area contributed by atoms with E-state index in [4.69, 9.17) is 8.83 Å². The number of aryl methyl sites for hydroxylation is 2. The van der Waals surface area contributed by atoms with Crippen LogP contribution in [0.2, 0.25) is 0 Å². The lowest BCUT2D eigenvalue weighted by atomic mass is 10.2. The highest BCUT2D eigenvalue weighted by atomic mass is 19.1. The number of fused-ring (bicyclic) bond motifs is 1. The molecule has 0 radical (unpaired) electrons. The number of likely N-dealkylation sites (tertiary alicyclic amines) is 1. The molecule has 0 aliphatic carbocycles. The molecule has 28 heavy (non-hydrogen) atoms. The van der Waals surface area contributed by atoms with Crippen LogP contribution in [0.5, 0.6) is 0 Å². The molecule has 5 rings (SSSR count). The van der Waals surface area contributed by atoms with Crippen molar-refractivity contribution < 1.29 is 13.2 Å². The standard InChI is InChI=1S/C21H21FN4O2/c1-12-5-8-19(27-12)21-25-17(13(2)28-21)11-26-9-3-4-18(26)20-23-15-7-6-14(22)10-16(15)24-20/h5-8,10,18H,3-4,9,11H2,1-2H3,(H,23,24). The maximum absolute atomic E-state index is 13.5. The number of halogens is 1. The van der Waals surface area contributed by atoms with E-state index in [9.17, 15) is 4.39 Å². The predicted molar refractivity (Wildman–Crippen MR) is 102 cm³/mol. The van der Waals surface area contributed by atoms with E-state index in [1.807, 2.05) is 26.0 Å². The zero-order chi connectivity index (χ0) is 19.3. The lowest BCUT2D eigenvalue weighted by Gasteiger charge is -2.21. The predicted octanol–water partition coefficient (Wildman–Crippen LogP) is 4.90. The van der Waals surface area contributed by atoms with Gasteiger partial charge in [0.15, 0.2) is 5.76 Å². The normalized spacial score (nSPS) is 17.8. The average molecular weight is 380 g/mol. The van der Waals surface area contributed by atoms with Gasteiger partial charge >= 0.3 is 0 Å². The molecule has 3 aromatic heterocycles. The topological polar surface area (TPSA) is 71.1 Å². The fourth-order valence-electron chi connectivity index (χ4n) is 3.91. The quantitative estimate of drug-likeness (QED) is 0.545. The van der Waals surface area contributed by atoms with E-state index in [0.29, 0.717) is 18.2 Å². The molecule has 7 heteroatoms. The summed E-state index contributed by atoms with van der Waals surface area (Å²) in [7, 11) is 0. The maximum Gasteiger partial charge on any atom is 0.263 e. The summed E-state index contributed by atoms with van der Waals surface area (Å²) in [6, 6.07) is 8.57. The fraction of sp³-hybridized carbons (Fsp3) is 0.333. The number of furan rings is 1. The molecule has 1 N–H and O–H groups in total. The third-order valence-corrected chi connectivity index (χ3v) is 5.34. The van der Waals surface area contributed by atoms with Gasteiger partial charge in [-0.05, 0) is 63.6 Å². The minimum absolute atomic E-state index is 0.154. The summed E-state index contributed by atoms with van der Waals surface area (Å²) in [5.74, 6) is 3.39. The molecule has 0 amide bonds. The second-order valence-corrected chi connectivity index (χ2v) is 7.34. The Morgan fingerprint density at radius 3 is 2.89 bits per heavy atom. The van der Waals surface area contributed by atoms with Crippen LogP contribution in [0.15, 0.2) is 39.2 Å². The SMILES string of the molecule is Cc1ccc(-c2nc(CN3CCCC3c3nc4ccc(F)cc4[nH]3)c(C)o2)o1. The Hall–Kier alpha value is -2.93. The van der Waals surface area contributed by atoms with Crippen LogP contribution in [-0.4, -0.2) is 26.4 Å². The summed E-state index contributed by atoms with van der Waals surface area (Å²) in [6.45, 7) is 5.45. The minimum atomic E-state index is -0.259. The molecule has 0 bridgehead atoms. The highest BCUT2D eigenvalue weighted by Crippen LogP contribution is 2.34. The number of benzene rings is 1. The van der Waals surface area contributed by atoms with Crippen LogP contribution in [0.4, 0.5) is 4.39 Å². The van der Waals surface area contributed by atoms with Crippen LogP contribution >= 0.6 is 0 Å². The van der Waals surface area contributed by atoms with Crippen LogP contribution in [0.25, 0.3) is 22.7 Å². The second kappa shape index (κ2) is 6.60. The summed E-state index contributed by atoms with van der Waals surface area (Å²) in [6.07, 6.45) is 2.08. The van der Waals surface area contributed by atoms with Gasteiger partial charge in [-0.1, -0.05) is 0 Å². The first kappa shape index (κ1) is 17.2. The zero-order valence-electron chi connectivity index (χ0n) is 15.8. The lowest BCUT2D eigenvalue weighted by Crippen LogP contribution is -2.24. The van der Waals surface area contributed by atoms with Crippen LogP contribution < -0.4 is 0 Å². The molecule has 4 heterocycles. The summed E-state index contributed by atoms with van der Waals surface area (Å²) < 4.78 is 24.9. The third kappa shape index (κ3) is 3.01. The Labute approximate surface area is 161 Å². The number of aromatic nitrogens is 3. The fourth-order valence-corrected chi connectivity index (χ4v) is 3.91. The largest absolute Gasteiger partial charge is 0.456 e. The highest BCUT2D eigenvalue weighted by molar-refractivity contribution is 5.75.